The largest absolute Gasteiger partial charge is 0.494 e. The highest BCUT2D eigenvalue weighted by molar-refractivity contribution is 5.94. The molecular formula is C17H16N2O2. The van der Waals surface area contributed by atoms with Gasteiger partial charge >= 0.3 is 0 Å². The van der Waals surface area contributed by atoms with Crippen LogP contribution in [-0.4, -0.2) is 11.6 Å². The zero-order valence-corrected chi connectivity index (χ0v) is 11.7. The number of aromatic nitrogens is 1. The number of pyridine rings is 1. The molecule has 0 atom stereocenters. The lowest BCUT2D eigenvalue weighted by Crippen LogP contribution is -1.93. The van der Waals surface area contributed by atoms with Crippen molar-refractivity contribution in [1.82, 2.24) is 4.98 Å². The van der Waals surface area contributed by atoms with Gasteiger partial charge in [-0.3, -0.25) is 4.98 Å². The van der Waals surface area contributed by atoms with E-state index in [1.54, 1.807) is 6.20 Å². The van der Waals surface area contributed by atoms with E-state index in [2.05, 4.69) is 4.98 Å². The zero-order chi connectivity index (χ0) is 14.7. The lowest BCUT2D eigenvalue weighted by molar-refractivity contribution is 0.339. The molecule has 2 N–H and O–H groups in total. The first-order valence-electron chi connectivity index (χ1n) is 6.82. The maximum absolute atomic E-state index is 5.96. The smallest absolute Gasteiger partial charge is 0.153 e. The fourth-order valence-electron chi connectivity index (χ4n) is 2.15. The maximum atomic E-state index is 5.96. The number of nitrogens with two attached hydrogens (primary N) is 1. The van der Waals surface area contributed by atoms with Gasteiger partial charge in [0.15, 0.2) is 5.75 Å². The molecule has 0 spiro atoms. The molecule has 0 fully saturated rings. The van der Waals surface area contributed by atoms with Gasteiger partial charge in [-0.2, -0.15) is 0 Å². The SMILES string of the molecule is CCOc1ccc(Oc2ccc(N)c3cccnc23)cc1. The van der Waals surface area contributed by atoms with E-state index in [4.69, 9.17) is 15.2 Å². The van der Waals surface area contributed by atoms with Gasteiger partial charge in [0.1, 0.15) is 17.0 Å². The summed E-state index contributed by atoms with van der Waals surface area (Å²) in [4.78, 5) is 4.36. The second kappa shape index (κ2) is 5.71. The first-order valence-corrected chi connectivity index (χ1v) is 6.82. The van der Waals surface area contributed by atoms with Crippen molar-refractivity contribution in [2.45, 2.75) is 6.92 Å². The summed E-state index contributed by atoms with van der Waals surface area (Å²) in [5, 5.41) is 0.890. The van der Waals surface area contributed by atoms with E-state index < -0.39 is 0 Å². The number of nitrogens with zero attached hydrogens (tertiary/aromatic N) is 1. The minimum Gasteiger partial charge on any atom is -0.494 e. The van der Waals surface area contributed by atoms with Gasteiger partial charge in [-0.1, -0.05) is 0 Å². The summed E-state index contributed by atoms with van der Waals surface area (Å²) in [6, 6.07) is 15.0. The average molecular weight is 280 g/mol. The van der Waals surface area contributed by atoms with Crippen LogP contribution in [0.1, 0.15) is 6.92 Å². The molecule has 2 aromatic carbocycles. The van der Waals surface area contributed by atoms with E-state index in [1.807, 2.05) is 55.5 Å². The Morgan fingerprint density at radius 3 is 2.52 bits per heavy atom. The Hall–Kier alpha value is -2.75. The maximum Gasteiger partial charge on any atom is 0.153 e. The van der Waals surface area contributed by atoms with Crippen LogP contribution in [0.15, 0.2) is 54.7 Å². The van der Waals surface area contributed by atoms with Crippen molar-refractivity contribution in [1.29, 1.82) is 0 Å². The van der Waals surface area contributed by atoms with E-state index in [0.717, 1.165) is 22.4 Å². The number of fused-ring (bicyclic) bond motifs is 1. The van der Waals surface area contributed by atoms with Crippen LogP contribution in [0, 0.1) is 0 Å². The van der Waals surface area contributed by atoms with Crippen LogP contribution in [0.3, 0.4) is 0 Å². The monoisotopic (exact) mass is 280 g/mol. The molecule has 4 nitrogen and oxygen atoms in total. The molecule has 0 bridgehead atoms. The zero-order valence-electron chi connectivity index (χ0n) is 11.7. The molecule has 0 unspecified atom stereocenters. The minimum absolute atomic E-state index is 0.646. The van der Waals surface area contributed by atoms with Gasteiger partial charge in [0.05, 0.1) is 6.61 Å². The van der Waals surface area contributed by atoms with Gasteiger partial charge in [0.25, 0.3) is 0 Å². The second-order valence-electron chi connectivity index (χ2n) is 4.56. The summed E-state index contributed by atoms with van der Waals surface area (Å²) < 4.78 is 11.3. The van der Waals surface area contributed by atoms with E-state index in [0.29, 0.717) is 18.0 Å². The fraction of sp³-hybridized carbons (Fsp3) is 0.118. The summed E-state index contributed by atoms with van der Waals surface area (Å²) in [6.45, 7) is 2.60. The summed E-state index contributed by atoms with van der Waals surface area (Å²) in [7, 11) is 0. The lowest BCUT2D eigenvalue weighted by atomic mass is 10.1. The number of hydrogen-bond donors (Lipinski definition) is 1. The van der Waals surface area contributed by atoms with Gasteiger partial charge in [-0.15, -0.1) is 0 Å². The molecule has 3 rings (SSSR count). The van der Waals surface area contributed by atoms with E-state index in [-0.39, 0.29) is 0 Å². The number of nitrogen functional groups attached to an aromatic ring is 1. The van der Waals surface area contributed by atoms with Crippen molar-refractivity contribution in [3.8, 4) is 17.2 Å². The molecule has 0 aliphatic rings. The minimum atomic E-state index is 0.646. The molecule has 4 heteroatoms. The molecule has 21 heavy (non-hydrogen) atoms. The van der Waals surface area contributed by atoms with E-state index in [1.165, 1.54) is 0 Å². The first kappa shape index (κ1) is 13.2. The van der Waals surface area contributed by atoms with Crippen LogP contribution < -0.4 is 15.2 Å². The van der Waals surface area contributed by atoms with Crippen molar-refractivity contribution < 1.29 is 9.47 Å². The third-order valence-electron chi connectivity index (χ3n) is 3.13. The van der Waals surface area contributed by atoms with Crippen molar-refractivity contribution in [2.24, 2.45) is 0 Å². The van der Waals surface area contributed by atoms with Crippen molar-refractivity contribution in [3.63, 3.8) is 0 Å². The third-order valence-corrected chi connectivity index (χ3v) is 3.13. The van der Waals surface area contributed by atoms with Crippen LogP contribution in [0.5, 0.6) is 17.2 Å². The van der Waals surface area contributed by atoms with Crippen LogP contribution in [0.4, 0.5) is 5.69 Å². The van der Waals surface area contributed by atoms with Crippen LogP contribution >= 0.6 is 0 Å². The average Bonchev–Trinajstić information content (AvgIpc) is 2.52. The number of rotatable bonds is 4. The number of anilines is 1. The molecule has 1 aromatic heterocycles. The number of ether oxygens (including phenoxy) is 2. The van der Waals surface area contributed by atoms with E-state index in [9.17, 15) is 0 Å². The molecule has 0 saturated heterocycles. The van der Waals surface area contributed by atoms with Gasteiger partial charge < -0.3 is 15.2 Å². The van der Waals surface area contributed by atoms with Crippen LogP contribution in [-0.2, 0) is 0 Å². The molecule has 3 aromatic rings. The highest BCUT2D eigenvalue weighted by atomic mass is 16.5. The van der Waals surface area contributed by atoms with Crippen molar-refractivity contribution in [3.05, 3.63) is 54.7 Å². The van der Waals surface area contributed by atoms with Gasteiger partial charge in [0.2, 0.25) is 0 Å². The predicted octanol–water partition coefficient (Wildman–Crippen LogP) is 4.01. The van der Waals surface area contributed by atoms with Gasteiger partial charge in [-0.25, -0.2) is 0 Å². The van der Waals surface area contributed by atoms with Gasteiger partial charge in [0, 0.05) is 17.3 Å². The Bertz CT molecular complexity index is 754. The number of benzene rings is 2. The standard InChI is InChI=1S/C17H16N2O2/c1-2-20-12-5-7-13(8-6-12)21-16-10-9-15(18)14-4-3-11-19-17(14)16/h3-11H,2,18H2,1H3. The van der Waals surface area contributed by atoms with Crippen LogP contribution in [0.2, 0.25) is 0 Å². The Morgan fingerprint density at radius 2 is 1.76 bits per heavy atom. The Kier molecular flexibility index (Phi) is 3.60. The highest BCUT2D eigenvalue weighted by Gasteiger charge is 2.07. The quantitative estimate of drug-likeness (QED) is 0.734. The second-order valence-corrected chi connectivity index (χ2v) is 4.56. The molecule has 0 amide bonds. The van der Waals surface area contributed by atoms with Crippen molar-refractivity contribution in [2.75, 3.05) is 12.3 Å². The van der Waals surface area contributed by atoms with Gasteiger partial charge in [-0.05, 0) is 55.5 Å². The molecular weight excluding hydrogens is 264 g/mol. The Labute approximate surface area is 123 Å². The first-order chi connectivity index (χ1) is 10.3. The van der Waals surface area contributed by atoms with Crippen LogP contribution in [0.25, 0.3) is 10.9 Å². The predicted molar refractivity (Wildman–Crippen MR) is 83.8 cm³/mol. The summed E-state index contributed by atoms with van der Waals surface area (Å²) in [5.74, 6) is 2.24. The number of hydrogen-bond acceptors (Lipinski definition) is 4. The third kappa shape index (κ3) is 2.74. The molecule has 0 radical (unpaired) electrons. The summed E-state index contributed by atoms with van der Waals surface area (Å²) in [6.07, 6.45) is 1.73. The highest BCUT2D eigenvalue weighted by Crippen LogP contribution is 2.32. The molecule has 1 heterocycles. The lowest BCUT2D eigenvalue weighted by Gasteiger charge is -2.10. The molecule has 0 aliphatic heterocycles. The summed E-state index contributed by atoms with van der Waals surface area (Å²) >= 11 is 0. The fourth-order valence-corrected chi connectivity index (χ4v) is 2.15. The molecule has 0 saturated carbocycles. The van der Waals surface area contributed by atoms with Crippen molar-refractivity contribution >= 4 is 16.6 Å². The topological polar surface area (TPSA) is 57.4 Å². The summed E-state index contributed by atoms with van der Waals surface area (Å²) in [5.41, 5.74) is 7.41. The Morgan fingerprint density at radius 1 is 1.00 bits per heavy atom. The van der Waals surface area contributed by atoms with E-state index >= 15 is 0 Å². The molecule has 0 aliphatic carbocycles. The normalized spacial score (nSPS) is 10.5. The Balaban J connectivity index is 1.93. The molecule has 106 valence electrons.